The van der Waals surface area contributed by atoms with E-state index in [2.05, 4.69) is 5.32 Å². The van der Waals surface area contributed by atoms with Crippen LogP contribution in [0.25, 0.3) is 0 Å². The van der Waals surface area contributed by atoms with Gasteiger partial charge in [-0.05, 0) is 29.9 Å². The number of amides is 1. The molecule has 0 saturated heterocycles. The van der Waals surface area contributed by atoms with E-state index in [1.165, 1.54) is 11.3 Å². The van der Waals surface area contributed by atoms with Gasteiger partial charge < -0.3 is 11.1 Å². The van der Waals surface area contributed by atoms with Gasteiger partial charge in [-0.2, -0.15) is 0 Å². The molecule has 0 aromatic carbocycles. The second kappa shape index (κ2) is 5.96. The Morgan fingerprint density at radius 2 is 2.31 bits per heavy atom. The Bertz CT molecular complexity index is 387. The van der Waals surface area contributed by atoms with Crippen LogP contribution >= 0.6 is 23.6 Å². The number of nitrogens with two attached hydrogens (primary N) is 1. The third-order valence-corrected chi connectivity index (χ3v) is 3.63. The van der Waals surface area contributed by atoms with Crippen LogP contribution in [-0.4, -0.2) is 16.9 Å². The minimum absolute atomic E-state index is 0.0773. The summed E-state index contributed by atoms with van der Waals surface area (Å²) in [5, 5.41) is 4.77. The summed E-state index contributed by atoms with van der Waals surface area (Å²) in [4.78, 5) is 13.0. The summed E-state index contributed by atoms with van der Waals surface area (Å²) >= 11 is 6.34. The highest BCUT2D eigenvalue weighted by atomic mass is 32.1. The van der Waals surface area contributed by atoms with Gasteiger partial charge in [-0.1, -0.05) is 26.1 Å². The van der Waals surface area contributed by atoms with Crippen LogP contribution in [0.1, 0.15) is 35.5 Å². The molecule has 0 spiro atoms. The van der Waals surface area contributed by atoms with E-state index in [0.717, 1.165) is 16.9 Å². The van der Waals surface area contributed by atoms with E-state index in [1.807, 2.05) is 25.3 Å². The molecular formula is C11H16N2OS2. The van der Waals surface area contributed by atoms with Crippen LogP contribution in [0.4, 0.5) is 0 Å². The maximum atomic E-state index is 11.9. The molecule has 1 aromatic rings. The molecule has 3 nitrogen and oxygen atoms in total. The molecular weight excluding hydrogens is 240 g/mol. The fourth-order valence-electron chi connectivity index (χ4n) is 1.41. The molecule has 88 valence electrons. The Labute approximate surface area is 105 Å². The summed E-state index contributed by atoms with van der Waals surface area (Å²) in [6.07, 6.45) is 1.57. The van der Waals surface area contributed by atoms with Crippen molar-refractivity contribution >= 4 is 34.5 Å². The summed E-state index contributed by atoms with van der Waals surface area (Å²) in [6.45, 7) is 3.98. The minimum atomic E-state index is -0.214. The van der Waals surface area contributed by atoms with Crippen LogP contribution < -0.4 is 11.1 Å². The summed E-state index contributed by atoms with van der Waals surface area (Å²) < 4.78 is 0. The molecule has 1 rings (SSSR count). The number of thiophene rings is 1. The Hall–Kier alpha value is -0.940. The molecule has 1 unspecified atom stereocenters. The minimum Gasteiger partial charge on any atom is -0.392 e. The molecule has 3 N–H and O–H groups in total. The van der Waals surface area contributed by atoms with E-state index in [4.69, 9.17) is 18.0 Å². The fourth-order valence-corrected chi connectivity index (χ4v) is 2.54. The van der Waals surface area contributed by atoms with Gasteiger partial charge in [0.2, 0.25) is 0 Å². The number of carbonyl (C=O) groups excluding carboxylic acids is 1. The summed E-state index contributed by atoms with van der Waals surface area (Å²) in [7, 11) is 0. The van der Waals surface area contributed by atoms with E-state index in [-0.39, 0.29) is 11.9 Å². The van der Waals surface area contributed by atoms with Crippen molar-refractivity contribution in [2.75, 3.05) is 0 Å². The lowest BCUT2D eigenvalue weighted by Crippen LogP contribution is -2.42. The average Bonchev–Trinajstić information content (AvgIpc) is 2.72. The third-order valence-electron chi connectivity index (χ3n) is 2.39. The Balaban J connectivity index is 2.75. The van der Waals surface area contributed by atoms with E-state index >= 15 is 0 Å². The Kier molecular flexibility index (Phi) is 4.89. The smallest absolute Gasteiger partial charge is 0.262 e. The number of aryl methyl sites for hydroxylation is 1. The highest BCUT2D eigenvalue weighted by Gasteiger charge is 2.17. The number of carbonyl (C=O) groups is 1. The second-order valence-electron chi connectivity index (χ2n) is 3.47. The number of hydrogen-bond donors (Lipinski definition) is 2. The Morgan fingerprint density at radius 1 is 1.62 bits per heavy atom. The lowest BCUT2D eigenvalue weighted by atomic mass is 10.2. The molecule has 0 bridgehead atoms. The zero-order valence-corrected chi connectivity index (χ0v) is 11.1. The van der Waals surface area contributed by atoms with Crippen molar-refractivity contribution in [3.63, 3.8) is 0 Å². The van der Waals surface area contributed by atoms with Crippen molar-refractivity contribution < 1.29 is 4.79 Å². The highest BCUT2D eigenvalue weighted by molar-refractivity contribution is 7.80. The SMILES string of the molecule is CCc1ccsc1C(=O)NC(CC)C(N)=S. The summed E-state index contributed by atoms with van der Waals surface area (Å²) in [5.41, 5.74) is 6.61. The van der Waals surface area contributed by atoms with Gasteiger partial charge in [0, 0.05) is 0 Å². The molecule has 0 aliphatic heterocycles. The van der Waals surface area contributed by atoms with E-state index in [9.17, 15) is 4.79 Å². The largest absolute Gasteiger partial charge is 0.392 e. The molecule has 1 atom stereocenters. The van der Waals surface area contributed by atoms with Gasteiger partial charge in [0.15, 0.2) is 0 Å². The highest BCUT2D eigenvalue weighted by Crippen LogP contribution is 2.17. The topological polar surface area (TPSA) is 55.1 Å². The number of nitrogens with one attached hydrogen (secondary N) is 1. The summed E-state index contributed by atoms with van der Waals surface area (Å²) in [6, 6.07) is 1.76. The molecule has 0 saturated carbocycles. The maximum Gasteiger partial charge on any atom is 0.262 e. The van der Waals surface area contributed by atoms with Crippen LogP contribution in [0, 0.1) is 0 Å². The maximum absolute atomic E-state index is 11.9. The molecule has 5 heteroatoms. The predicted octanol–water partition coefficient (Wildman–Crippen LogP) is 2.11. The van der Waals surface area contributed by atoms with Gasteiger partial charge in [0.25, 0.3) is 5.91 Å². The molecule has 0 aliphatic rings. The first-order valence-corrected chi connectivity index (χ1v) is 6.55. The van der Waals surface area contributed by atoms with Crippen molar-refractivity contribution in [3.05, 3.63) is 21.9 Å². The predicted molar refractivity (Wildman–Crippen MR) is 72.0 cm³/mol. The van der Waals surface area contributed by atoms with Crippen LogP contribution in [0.15, 0.2) is 11.4 Å². The molecule has 0 aliphatic carbocycles. The van der Waals surface area contributed by atoms with Crippen molar-refractivity contribution in [1.29, 1.82) is 0 Å². The van der Waals surface area contributed by atoms with E-state index < -0.39 is 0 Å². The lowest BCUT2D eigenvalue weighted by Gasteiger charge is -2.15. The first-order valence-electron chi connectivity index (χ1n) is 5.26. The van der Waals surface area contributed by atoms with Gasteiger partial charge in [-0.15, -0.1) is 11.3 Å². The number of hydrogen-bond acceptors (Lipinski definition) is 3. The second-order valence-corrected chi connectivity index (χ2v) is 4.85. The van der Waals surface area contributed by atoms with Gasteiger partial charge in [0.1, 0.15) is 0 Å². The molecule has 1 heterocycles. The third kappa shape index (κ3) is 3.02. The fraction of sp³-hybridized carbons (Fsp3) is 0.455. The Morgan fingerprint density at radius 3 is 2.81 bits per heavy atom. The molecule has 16 heavy (non-hydrogen) atoms. The van der Waals surface area contributed by atoms with Crippen LogP contribution in [0.5, 0.6) is 0 Å². The quantitative estimate of drug-likeness (QED) is 0.793. The average molecular weight is 256 g/mol. The van der Waals surface area contributed by atoms with Crippen molar-refractivity contribution in [2.45, 2.75) is 32.7 Å². The first kappa shape index (κ1) is 13.1. The standard InChI is InChI=1S/C11H16N2OS2/c1-3-7-5-6-16-9(7)11(14)13-8(4-2)10(12)15/h5-6,8H,3-4H2,1-2H3,(H2,12,15)(H,13,14). The molecule has 0 fully saturated rings. The van der Waals surface area contributed by atoms with Crippen molar-refractivity contribution in [3.8, 4) is 0 Å². The zero-order chi connectivity index (χ0) is 12.1. The molecule has 1 amide bonds. The number of thiocarbonyl (C=S) groups is 1. The van der Waals surface area contributed by atoms with Gasteiger partial charge >= 0.3 is 0 Å². The number of rotatable bonds is 5. The molecule has 0 radical (unpaired) electrons. The van der Waals surface area contributed by atoms with Crippen LogP contribution in [-0.2, 0) is 6.42 Å². The van der Waals surface area contributed by atoms with Crippen molar-refractivity contribution in [2.24, 2.45) is 5.73 Å². The van der Waals surface area contributed by atoms with Crippen LogP contribution in [0.3, 0.4) is 0 Å². The zero-order valence-electron chi connectivity index (χ0n) is 9.45. The normalized spacial score (nSPS) is 12.1. The van der Waals surface area contributed by atoms with Gasteiger partial charge in [-0.25, -0.2) is 0 Å². The van der Waals surface area contributed by atoms with Crippen LogP contribution in [0.2, 0.25) is 0 Å². The van der Waals surface area contributed by atoms with E-state index in [0.29, 0.717) is 11.4 Å². The summed E-state index contributed by atoms with van der Waals surface area (Å²) in [5.74, 6) is -0.0773. The van der Waals surface area contributed by atoms with Crippen molar-refractivity contribution in [1.82, 2.24) is 5.32 Å². The lowest BCUT2D eigenvalue weighted by molar-refractivity contribution is 0.0949. The van der Waals surface area contributed by atoms with Gasteiger partial charge in [0.05, 0.1) is 15.9 Å². The van der Waals surface area contributed by atoms with Gasteiger partial charge in [-0.3, -0.25) is 4.79 Å². The first-order chi connectivity index (χ1) is 7.60. The monoisotopic (exact) mass is 256 g/mol. The van der Waals surface area contributed by atoms with E-state index in [1.54, 1.807) is 0 Å². The molecule has 1 aromatic heterocycles.